The fourth-order valence-corrected chi connectivity index (χ4v) is 1.99. The molecule has 0 aliphatic carbocycles. The molecule has 0 spiro atoms. The fraction of sp³-hybridized carbons (Fsp3) is 0.250. The highest BCUT2D eigenvalue weighted by Gasteiger charge is 2.12. The minimum Gasteiger partial charge on any atom is -0.497 e. The van der Waals surface area contributed by atoms with Crippen LogP contribution in [0.4, 0.5) is 0 Å². The minimum atomic E-state index is 0.884. The molecule has 0 saturated heterocycles. The van der Waals surface area contributed by atoms with Crippen LogP contribution in [0.3, 0.4) is 0 Å². The lowest BCUT2D eigenvalue weighted by Crippen LogP contribution is -2.00. The normalized spacial score (nSPS) is 14.2. The Kier molecular flexibility index (Phi) is 1.86. The van der Waals surface area contributed by atoms with Gasteiger partial charge in [0.15, 0.2) is 0 Å². The standard InChI is InChI=1S/C12H12N2O/c1-15-10-2-3-11-8(5-10)4-9-6-13-7-12(9)14-11/h2-5,13H,6-7H2,1H3. The van der Waals surface area contributed by atoms with Crippen molar-refractivity contribution in [2.75, 3.05) is 7.11 Å². The quantitative estimate of drug-likeness (QED) is 0.762. The third-order valence-corrected chi connectivity index (χ3v) is 2.80. The number of methoxy groups -OCH3 is 1. The fourth-order valence-electron chi connectivity index (χ4n) is 1.99. The Labute approximate surface area is 88.1 Å². The molecule has 15 heavy (non-hydrogen) atoms. The van der Waals surface area contributed by atoms with E-state index in [1.807, 2.05) is 18.2 Å². The highest BCUT2D eigenvalue weighted by molar-refractivity contribution is 5.81. The van der Waals surface area contributed by atoms with E-state index in [1.165, 1.54) is 11.3 Å². The number of pyridine rings is 1. The van der Waals surface area contributed by atoms with Crippen LogP contribution in [0.25, 0.3) is 10.9 Å². The van der Waals surface area contributed by atoms with E-state index < -0.39 is 0 Å². The average Bonchev–Trinajstić information content (AvgIpc) is 2.72. The van der Waals surface area contributed by atoms with Crippen LogP contribution in [0.5, 0.6) is 5.75 Å². The van der Waals surface area contributed by atoms with Crippen LogP contribution >= 0.6 is 0 Å². The summed E-state index contributed by atoms with van der Waals surface area (Å²) in [4.78, 5) is 4.61. The van der Waals surface area contributed by atoms with Crippen molar-refractivity contribution in [3.05, 3.63) is 35.5 Å². The molecule has 0 atom stereocenters. The summed E-state index contributed by atoms with van der Waals surface area (Å²) in [6.07, 6.45) is 0. The van der Waals surface area contributed by atoms with Gasteiger partial charge in [0.1, 0.15) is 5.75 Å². The third kappa shape index (κ3) is 1.36. The van der Waals surface area contributed by atoms with Gasteiger partial charge < -0.3 is 10.1 Å². The van der Waals surface area contributed by atoms with E-state index >= 15 is 0 Å². The third-order valence-electron chi connectivity index (χ3n) is 2.80. The van der Waals surface area contributed by atoms with Crippen LogP contribution < -0.4 is 10.1 Å². The SMILES string of the molecule is COc1ccc2nc3c(cc2c1)CNC3. The molecule has 0 unspecified atom stereocenters. The number of benzene rings is 1. The summed E-state index contributed by atoms with van der Waals surface area (Å²) in [6, 6.07) is 8.18. The second-order valence-electron chi connectivity index (χ2n) is 3.76. The molecule has 76 valence electrons. The molecule has 3 heteroatoms. The predicted octanol–water partition coefficient (Wildman–Crippen LogP) is 1.85. The summed E-state index contributed by atoms with van der Waals surface area (Å²) in [5.74, 6) is 0.884. The molecular formula is C12H12N2O. The maximum absolute atomic E-state index is 5.20. The molecule has 1 aliphatic heterocycles. The van der Waals surface area contributed by atoms with Crippen molar-refractivity contribution in [3.63, 3.8) is 0 Å². The van der Waals surface area contributed by atoms with Gasteiger partial charge in [0, 0.05) is 18.5 Å². The van der Waals surface area contributed by atoms with Crippen LogP contribution in [0.15, 0.2) is 24.3 Å². The molecule has 1 aliphatic rings. The molecule has 3 rings (SSSR count). The Bertz CT molecular complexity index is 522. The van der Waals surface area contributed by atoms with Crippen LogP contribution in [-0.2, 0) is 13.1 Å². The number of ether oxygens (including phenoxy) is 1. The average molecular weight is 200 g/mol. The second kappa shape index (κ2) is 3.21. The van der Waals surface area contributed by atoms with Gasteiger partial charge in [0.2, 0.25) is 0 Å². The number of hydrogen-bond donors (Lipinski definition) is 1. The number of rotatable bonds is 1. The number of hydrogen-bond acceptors (Lipinski definition) is 3. The van der Waals surface area contributed by atoms with Gasteiger partial charge in [0.25, 0.3) is 0 Å². The molecule has 0 radical (unpaired) electrons. The van der Waals surface area contributed by atoms with Gasteiger partial charge in [-0.1, -0.05) is 0 Å². The first-order valence-electron chi connectivity index (χ1n) is 5.04. The molecule has 1 aromatic carbocycles. The van der Waals surface area contributed by atoms with Crippen molar-refractivity contribution in [2.45, 2.75) is 13.1 Å². The van der Waals surface area contributed by atoms with Gasteiger partial charge in [-0.25, -0.2) is 0 Å². The summed E-state index contributed by atoms with van der Waals surface area (Å²) in [5.41, 5.74) is 3.52. The molecule has 2 aromatic rings. The highest BCUT2D eigenvalue weighted by atomic mass is 16.5. The first-order valence-corrected chi connectivity index (χ1v) is 5.04. The molecule has 0 amide bonds. The zero-order chi connectivity index (χ0) is 10.3. The van der Waals surface area contributed by atoms with Gasteiger partial charge in [-0.05, 0) is 29.8 Å². The van der Waals surface area contributed by atoms with Crippen molar-refractivity contribution < 1.29 is 4.74 Å². The number of nitrogens with one attached hydrogen (secondary N) is 1. The largest absolute Gasteiger partial charge is 0.497 e. The first kappa shape index (κ1) is 8.68. The minimum absolute atomic E-state index is 0.884. The second-order valence-corrected chi connectivity index (χ2v) is 3.76. The van der Waals surface area contributed by atoms with Gasteiger partial charge in [-0.3, -0.25) is 4.98 Å². The Balaban J connectivity index is 2.24. The van der Waals surface area contributed by atoms with Gasteiger partial charge >= 0.3 is 0 Å². The van der Waals surface area contributed by atoms with Crippen molar-refractivity contribution in [1.29, 1.82) is 0 Å². The Morgan fingerprint density at radius 2 is 2.20 bits per heavy atom. The van der Waals surface area contributed by atoms with E-state index in [0.717, 1.165) is 29.7 Å². The van der Waals surface area contributed by atoms with E-state index in [9.17, 15) is 0 Å². The van der Waals surface area contributed by atoms with Gasteiger partial charge in [-0.15, -0.1) is 0 Å². The van der Waals surface area contributed by atoms with E-state index in [1.54, 1.807) is 7.11 Å². The summed E-state index contributed by atoms with van der Waals surface area (Å²) in [5, 5.41) is 4.45. The van der Waals surface area contributed by atoms with E-state index in [2.05, 4.69) is 16.4 Å². The van der Waals surface area contributed by atoms with Gasteiger partial charge in [0.05, 0.1) is 18.3 Å². The van der Waals surface area contributed by atoms with Crippen molar-refractivity contribution in [3.8, 4) is 5.75 Å². The smallest absolute Gasteiger partial charge is 0.119 e. The molecule has 2 heterocycles. The number of aromatic nitrogens is 1. The van der Waals surface area contributed by atoms with Crippen LogP contribution in [0.2, 0.25) is 0 Å². The molecule has 1 aromatic heterocycles. The van der Waals surface area contributed by atoms with Gasteiger partial charge in [-0.2, -0.15) is 0 Å². The molecule has 0 saturated carbocycles. The van der Waals surface area contributed by atoms with Crippen LogP contribution in [0.1, 0.15) is 11.3 Å². The monoisotopic (exact) mass is 200 g/mol. The van der Waals surface area contributed by atoms with Crippen LogP contribution in [-0.4, -0.2) is 12.1 Å². The lowest BCUT2D eigenvalue weighted by atomic mass is 10.1. The lowest BCUT2D eigenvalue weighted by Gasteiger charge is -2.04. The maximum Gasteiger partial charge on any atom is 0.119 e. The van der Waals surface area contributed by atoms with E-state index in [-0.39, 0.29) is 0 Å². The summed E-state index contributed by atoms with van der Waals surface area (Å²) < 4.78 is 5.20. The van der Waals surface area contributed by atoms with Crippen molar-refractivity contribution in [1.82, 2.24) is 10.3 Å². The Morgan fingerprint density at radius 3 is 3.07 bits per heavy atom. The van der Waals surface area contributed by atoms with E-state index in [0.29, 0.717) is 0 Å². The molecule has 1 N–H and O–H groups in total. The molecule has 0 fully saturated rings. The number of fused-ring (bicyclic) bond motifs is 2. The summed E-state index contributed by atoms with van der Waals surface area (Å²) in [6.45, 7) is 1.81. The van der Waals surface area contributed by atoms with Crippen molar-refractivity contribution in [2.24, 2.45) is 0 Å². The molecule has 3 nitrogen and oxygen atoms in total. The van der Waals surface area contributed by atoms with Crippen molar-refractivity contribution >= 4 is 10.9 Å². The lowest BCUT2D eigenvalue weighted by molar-refractivity contribution is 0.415. The Hall–Kier alpha value is -1.61. The topological polar surface area (TPSA) is 34.1 Å². The zero-order valence-corrected chi connectivity index (χ0v) is 8.58. The highest BCUT2D eigenvalue weighted by Crippen LogP contribution is 2.23. The predicted molar refractivity (Wildman–Crippen MR) is 58.8 cm³/mol. The maximum atomic E-state index is 5.20. The van der Waals surface area contributed by atoms with E-state index in [4.69, 9.17) is 4.74 Å². The summed E-state index contributed by atoms with van der Waals surface area (Å²) in [7, 11) is 1.68. The molecular weight excluding hydrogens is 188 g/mol. The molecule has 0 bridgehead atoms. The van der Waals surface area contributed by atoms with Crippen LogP contribution in [0, 0.1) is 0 Å². The number of nitrogens with zero attached hydrogens (tertiary/aromatic N) is 1. The summed E-state index contributed by atoms with van der Waals surface area (Å²) >= 11 is 0. The zero-order valence-electron chi connectivity index (χ0n) is 8.58. The first-order chi connectivity index (χ1) is 7.36. The Morgan fingerprint density at radius 1 is 1.27 bits per heavy atom.